The summed E-state index contributed by atoms with van der Waals surface area (Å²) in [6.07, 6.45) is -0.800. The van der Waals surface area contributed by atoms with Gasteiger partial charge in [-0.25, -0.2) is 4.39 Å². The molecule has 0 aromatic heterocycles. The van der Waals surface area contributed by atoms with E-state index < -0.39 is 31.1 Å². The van der Waals surface area contributed by atoms with Crippen LogP contribution in [0.25, 0.3) is 0 Å². The van der Waals surface area contributed by atoms with Crippen molar-refractivity contribution in [2.75, 3.05) is 5.32 Å². The van der Waals surface area contributed by atoms with Gasteiger partial charge in [-0.1, -0.05) is 47.6 Å². The van der Waals surface area contributed by atoms with Crippen molar-refractivity contribution in [3.63, 3.8) is 0 Å². The molecule has 7 heteroatoms. The number of hydrogen-bond acceptors (Lipinski definition) is 5. The molecule has 1 aliphatic rings. The minimum atomic E-state index is -4.01. The van der Waals surface area contributed by atoms with E-state index in [4.69, 9.17) is 13.8 Å². The first kappa shape index (κ1) is 26.7. The van der Waals surface area contributed by atoms with Gasteiger partial charge in [0.1, 0.15) is 5.82 Å². The van der Waals surface area contributed by atoms with Crippen LogP contribution in [0.1, 0.15) is 85.9 Å². The summed E-state index contributed by atoms with van der Waals surface area (Å²) in [5, 5.41) is 3.40. The minimum Gasteiger partial charge on any atom is -0.450 e. The molecule has 3 rings (SSSR count). The number of hydrogen-bond donors (Lipinski definition) is 1. The average Bonchev–Trinajstić information content (AvgIpc) is 3.06. The fraction of sp³-hybridized carbons (Fsp3) is 0.556. The van der Waals surface area contributed by atoms with Gasteiger partial charge >= 0.3 is 13.1 Å². The van der Waals surface area contributed by atoms with Crippen molar-refractivity contribution >= 4 is 13.3 Å². The molecule has 0 bridgehead atoms. The molecular weight excluding hydrogens is 452 g/mol. The van der Waals surface area contributed by atoms with E-state index in [-0.39, 0.29) is 10.8 Å². The fourth-order valence-corrected chi connectivity index (χ4v) is 6.38. The van der Waals surface area contributed by atoms with E-state index >= 15 is 0 Å². The number of fused-ring (bicyclic) bond motifs is 1. The molecule has 0 spiro atoms. The highest BCUT2D eigenvalue weighted by atomic mass is 31.2. The largest absolute Gasteiger partial charge is 0.450 e. The van der Waals surface area contributed by atoms with Gasteiger partial charge in [-0.15, -0.1) is 0 Å². The molecule has 1 heterocycles. The Kier molecular flexibility index (Phi) is 7.04. The predicted octanol–water partition coefficient (Wildman–Crippen LogP) is 8.08. The summed E-state index contributed by atoms with van der Waals surface area (Å²) in [7, 11) is -4.01. The molecule has 0 radical (unpaired) electrons. The van der Waals surface area contributed by atoms with Gasteiger partial charge in [0.05, 0.1) is 17.9 Å². The maximum absolute atomic E-state index is 14.6. The van der Waals surface area contributed by atoms with Crippen LogP contribution in [0, 0.1) is 5.82 Å². The Morgan fingerprint density at radius 3 is 1.88 bits per heavy atom. The molecule has 1 aliphatic heterocycles. The van der Waals surface area contributed by atoms with Crippen LogP contribution in [-0.4, -0.2) is 12.2 Å². The lowest BCUT2D eigenvalue weighted by Gasteiger charge is -2.37. The molecular formula is C27H39FNO4P. The summed E-state index contributed by atoms with van der Waals surface area (Å²) in [4.78, 5) is 0. The van der Waals surface area contributed by atoms with Gasteiger partial charge in [0.25, 0.3) is 0 Å². The van der Waals surface area contributed by atoms with Crippen LogP contribution in [-0.2, 0) is 29.9 Å². The van der Waals surface area contributed by atoms with Crippen LogP contribution in [0.3, 0.4) is 0 Å². The van der Waals surface area contributed by atoms with Crippen molar-refractivity contribution in [1.82, 2.24) is 0 Å². The predicted molar refractivity (Wildman–Crippen MR) is 136 cm³/mol. The number of benzene rings is 2. The number of ether oxygens (including phenoxy) is 1. The molecule has 5 nitrogen and oxygen atoms in total. The highest BCUT2D eigenvalue weighted by molar-refractivity contribution is 7.55. The van der Waals surface area contributed by atoms with E-state index in [1.165, 1.54) is 12.1 Å². The van der Waals surface area contributed by atoms with Gasteiger partial charge in [0, 0.05) is 11.1 Å². The zero-order valence-electron chi connectivity index (χ0n) is 22.1. The number of rotatable bonds is 6. The highest BCUT2D eigenvalue weighted by Crippen LogP contribution is 2.69. The summed E-state index contributed by atoms with van der Waals surface area (Å²) in [6.45, 7) is 20.0. The molecule has 1 N–H and O–H groups in total. The summed E-state index contributed by atoms with van der Waals surface area (Å²) in [5.41, 5.74) is 1.22. The van der Waals surface area contributed by atoms with Gasteiger partial charge < -0.3 is 19.1 Å². The summed E-state index contributed by atoms with van der Waals surface area (Å²) in [5.74, 6) is 0.203. The van der Waals surface area contributed by atoms with E-state index in [0.29, 0.717) is 17.0 Å². The van der Waals surface area contributed by atoms with E-state index in [0.717, 1.165) is 11.1 Å². The van der Waals surface area contributed by atoms with Crippen LogP contribution >= 0.6 is 7.60 Å². The number of nitrogens with one attached hydrogen (secondary N) is 1. The smallest absolute Gasteiger partial charge is 0.400 e. The van der Waals surface area contributed by atoms with Crippen LogP contribution in [0.4, 0.5) is 10.1 Å². The van der Waals surface area contributed by atoms with Crippen molar-refractivity contribution in [2.45, 2.75) is 97.7 Å². The molecule has 188 valence electrons. The standard InChI is InChI=1S/C27H39FNO4P/c1-17(2)32-34(30,33-18(3)4)27(19-11-13-21(28)14-12-19)29-23-16-20(25(5,6)7)15-22(24(23)31-27)26(8,9)10/h11-18,29H,1-10H3. The van der Waals surface area contributed by atoms with Gasteiger partial charge in [0.2, 0.25) is 0 Å². The number of halogens is 1. The first-order chi connectivity index (χ1) is 15.5. The van der Waals surface area contributed by atoms with Gasteiger partial charge in [0.15, 0.2) is 5.75 Å². The lowest BCUT2D eigenvalue weighted by molar-refractivity contribution is 0.0793. The lowest BCUT2D eigenvalue weighted by atomic mass is 9.80. The molecule has 0 fully saturated rings. The molecule has 1 atom stereocenters. The normalized spacial score (nSPS) is 18.7. The molecule has 34 heavy (non-hydrogen) atoms. The topological polar surface area (TPSA) is 56.8 Å². The average molecular weight is 492 g/mol. The van der Waals surface area contributed by atoms with Crippen LogP contribution in [0.15, 0.2) is 36.4 Å². The van der Waals surface area contributed by atoms with Crippen LogP contribution < -0.4 is 10.1 Å². The second-order valence-electron chi connectivity index (χ2n) is 11.6. The number of anilines is 1. The van der Waals surface area contributed by atoms with E-state index in [2.05, 4.69) is 52.9 Å². The summed E-state index contributed by atoms with van der Waals surface area (Å²) < 4.78 is 47.2. The minimum absolute atomic E-state index is 0.121. The van der Waals surface area contributed by atoms with Gasteiger partial charge in [-0.2, -0.15) is 0 Å². The van der Waals surface area contributed by atoms with Gasteiger partial charge in [-0.3, -0.25) is 4.57 Å². The van der Waals surface area contributed by atoms with Crippen LogP contribution in [0.2, 0.25) is 0 Å². The third kappa shape index (κ3) is 5.05. The molecule has 2 aromatic carbocycles. The molecule has 0 aliphatic carbocycles. The van der Waals surface area contributed by atoms with E-state index in [1.807, 2.05) is 6.07 Å². The third-order valence-electron chi connectivity index (χ3n) is 5.64. The maximum Gasteiger partial charge on any atom is 0.400 e. The second kappa shape index (κ2) is 8.96. The lowest BCUT2D eigenvalue weighted by Crippen LogP contribution is -2.40. The van der Waals surface area contributed by atoms with E-state index in [1.54, 1.807) is 39.8 Å². The summed E-state index contributed by atoms with van der Waals surface area (Å²) in [6, 6.07) is 9.96. The first-order valence-electron chi connectivity index (χ1n) is 11.9. The molecule has 0 amide bonds. The quantitative estimate of drug-likeness (QED) is 0.414. The Morgan fingerprint density at radius 1 is 0.912 bits per heavy atom. The van der Waals surface area contributed by atoms with Crippen LogP contribution in [0.5, 0.6) is 5.75 Å². The van der Waals surface area contributed by atoms with Gasteiger partial charge in [-0.05, 0) is 74.4 Å². The zero-order chi connectivity index (χ0) is 25.7. The molecule has 0 saturated heterocycles. The Morgan fingerprint density at radius 2 is 1.44 bits per heavy atom. The second-order valence-corrected chi connectivity index (χ2v) is 13.6. The Balaban J connectivity index is 2.33. The van der Waals surface area contributed by atoms with Crippen molar-refractivity contribution in [3.05, 3.63) is 58.9 Å². The summed E-state index contributed by atoms with van der Waals surface area (Å²) >= 11 is 0. The Hall–Kier alpha value is -1.88. The van der Waals surface area contributed by atoms with Crippen molar-refractivity contribution in [1.29, 1.82) is 0 Å². The molecule has 2 aromatic rings. The molecule has 1 unspecified atom stereocenters. The third-order valence-corrected chi connectivity index (χ3v) is 8.27. The fourth-order valence-electron chi connectivity index (χ4n) is 4.00. The van der Waals surface area contributed by atoms with E-state index in [9.17, 15) is 8.96 Å². The SMILES string of the molecule is CC(C)OP(=O)(OC(C)C)C1(c2ccc(F)cc2)Nc2cc(C(C)(C)C)cc(C(C)(C)C)c2O1. The maximum atomic E-state index is 14.6. The van der Waals surface area contributed by atoms with Crippen molar-refractivity contribution in [2.24, 2.45) is 0 Å². The molecule has 0 saturated carbocycles. The Bertz CT molecular complexity index is 1070. The zero-order valence-corrected chi connectivity index (χ0v) is 23.0. The Labute approximate surface area is 203 Å². The highest BCUT2D eigenvalue weighted by Gasteiger charge is 2.60. The van der Waals surface area contributed by atoms with Crippen molar-refractivity contribution < 1.29 is 22.7 Å². The first-order valence-corrected chi connectivity index (χ1v) is 13.4. The monoisotopic (exact) mass is 491 g/mol. The van der Waals surface area contributed by atoms with Crippen molar-refractivity contribution in [3.8, 4) is 5.75 Å².